The first-order chi connectivity index (χ1) is 16.6. The van der Waals surface area contributed by atoms with Gasteiger partial charge in [-0.1, -0.05) is 12.0 Å². The van der Waals surface area contributed by atoms with Crippen LogP contribution in [0, 0.1) is 11.8 Å². The van der Waals surface area contributed by atoms with Gasteiger partial charge in [-0.05, 0) is 68.2 Å². The Bertz CT molecular complexity index is 1420. The zero-order valence-electron chi connectivity index (χ0n) is 18.6. The van der Waals surface area contributed by atoms with Crippen LogP contribution >= 0.6 is 0 Å². The molecule has 1 aliphatic rings. The number of benzene rings is 1. The van der Waals surface area contributed by atoms with Gasteiger partial charge in [-0.25, -0.2) is 9.67 Å². The molecule has 1 saturated heterocycles. The maximum Gasteiger partial charge on any atom is 0.299 e. The molecule has 8 nitrogen and oxygen atoms in total. The molecule has 1 unspecified atom stereocenters. The number of hydrogen-bond acceptors (Lipinski definition) is 5. The topological polar surface area (TPSA) is 93.0 Å². The summed E-state index contributed by atoms with van der Waals surface area (Å²) in [6.45, 7) is 2.36. The number of carbonyl (C=O) groups excluding carboxylic acids is 2. The van der Waals surface area contributed by atoms with Crippen LogP contribution in [0.2, 0.25) is 0 Å². The lowest BCUT2D eigenvalue weighted by atomic mass is 10.1. The molecule has 3 aromatic heterocycles. The van der Waals surface area contributed by atoms with Crippen molar-refractivity contribution in [2.24, 2.45) is 0 Å². The van der Waals surface area contributed by atoms with Gasteiger partial charge in [0.2, 0.25) is 0 Å². The highest BCUT2D eigenvalue weighted by atomic mass is 16.2. The quantitative estimate of drug-likeness (QED) is 0.478. The van der Waals surface area contributed by atoms with Crippen LogP contribution in [0.25, 0.3) is 16.6 Å². The number of rotatable bonds is 4. The number of fused-ring (bicyclic) bond motifs is 1. The molecule has 1 fully saturated rings. The van der Waals surface area contributed by atoms with E-state index in [1.54, 1.807) is 59.4 Å². The van der Waals surface area contributed by atoms with Crippen LogP contribution in [0.4, 0.5) is 5.82 Å². The fraction of sp³-hybridized carbons (Fsp3) is 0.192. The van der Waals surface area contributed by atoms with Gasteiger partial charge in [0.1, 0.15) is 5.82 Å². The van der Waals surface area contributed by atoms with E-state index in [-0.39, 0.29) is 17.9 Å². The lowest BCUT2D eigenvalue weighted by Gasteiger charge is -2.22. The van der Waals surface area contributed by atoms with Crippen molar-refractivity contribution in [3.8, 4) is 17.5 Å². The largest absolute Gasteiger partial charge is 0.323 e. The first kappa shape index (κ1) is 21.3. The average Bonchev–Trinajstić information content (AvgIpc) is 3.52. The SMILES string of the molecule is CC#CC(=O)N1CCCC1c1cc2cnn(-c3ccc(C(=O)Nc4ccccn4)cc3)c2cn1. The minimum atomic E-state index is -0.231. The van der Waals surface area contributed by atoms with Gasteiger partial charge >= 0.3 is 0 Å². The Morgan fingerprint density at radius 1 is 1.09 bits per heavy atom. The molecule has 4 heterocycles. The summed E-state index contributed by atoms with van der Waals surface area (Å²) in [7, 11) is 0. The Hall–Kier alpha value is -4.51. The summed E-state index contributed by atoms with van der Waals surface area (Å²) in [5, 5.41) is 8.23. The number of amides is 2. The average molecular weight is 451 g/mol. The van der Waals surface area contributed by atoms with Crippen LogP contribution in [0.15, 0.2) is 67.1 Å². The second-order valence-electron chi connectivity index (χ2n) is 7.97. The van der Waals surface area contributed by atoms with E-state index >= 15 is 0 Å². The van der Waals surface area contributed by atoms with E-state index < -0.39 is 0 Å². The van der Waals surface area contributed by atoms with Crippen molar-refractivity contribution in [1.82, 2.24) is 24.6 Å². The Morgan fingerprint density at radius 2 is 1.94 bits per heavy atom. The standard InChI is InChI=1S/C26H22N6O2/c1-2-6-25(33)31-14-5-7-22(31)21-15-19-16-29-32(23(19)17-28-21)20-11-9-18(10-12-20)26(34)30-24-8-3-4-13-27-24/h3-4,8-13,15-17,22H,5,7,14H2,1H3,(H,27,30,34). The third-order valence-electron chi connectivity index (χ3n) is 5.84. The van der Waals surface area contributed by atoms with Gasteiger partial charge in [-0.15, -0.1) is 0 Å². The molecule has 0 spiro atoms. The third kappa shape index (κ3) is 4.11. The number of nitrogens with one attached hydrogen (secondary N) is 1. The van der Waals surface area contributed by atoms with Gasteiger partial charge < -0.3 is 10.2 Å². The van der Waals surface area contributed by atoms with Crippen molar-refractivity contribution < 1.29 is 9.59 Å². The predicted octanol–water partition coefficient (Wildman–Crippen LogP) is 3.75. The van der Waals surface area contributed by atoms with Crippen LogP contribution in [0.3, 0.4) is 0 Å². The molecule has 168 valence electrons. The fourth-order valence-corrected chi connectivity index (χ4v) is 4.21. The van der Waals surface area contributed by atoms with E-state index in [0.717, 1.165) is 35.1 Å². The van der Waals surface area contributed by atoms with Crippen molar-refractivity contribution >= 4 is 28.5 Å². The van der Waals surface area contributed by atoms with E-state index in [1.165, 1.54) is 0 Å². The zero-order valence-corrected chi connectivity index (χ0v) is 18.6. The smallest absolute Gasteiger partial charge is 0.299 e. The molecule has 0 radical (unpaired) electrons. The van der Waals surface area contributed by atoms with Crippen molar-refractivity contribution in [3.63, 3.8) is 0 Å². The summed E-state index contributed by atoms with van der Waals surface area (Å²) in [6.07, 6.45) is 7.00. The maximum atomic E-state index is 12.5. The molecule has 1 atom stereocenters. The van der Waals surface area contributed by atoms with Gasteiger partial charge in [-0.2, -0.15) is 5.10 Å². The van der Waals surface area contributed by atoms with Crippen LogP contribution in [-0.4, -0.2) is 43.0 Å². The monoisotopic (exact) mass is 450 g/mol. The van der Waals surface area contributed by atoms with Gasteiger partial charge in [0.05, 0.1) is 35.3 Å². The van der Waals surface area contributed by atoms with Crippen LogP contribution < -0.4 is 5.32 Å². The summed E-state index contributed by atoms with van der Waals surface area (Å²) in [6, 6.07) is 14.4. The van der Waals surface area contributed by atoms with Crippen LogP contribution in [-0.2, 0) is 4.79 Å². The number of carbonyl (C=O) groups is 2. The molecule has 1 aromatic carbocycles. The summed E-state index contributed by atoms with van der Waals surface area (Å²) in [5.41, 5.74) is 3.03. The lowest BCUT2D eigenvalue weighted by Crippen LogP contribution is -2.29. The summed E-state index contributed by atoms with van der Waals surface area (Å²) in [4.78, 5) is 35.4. The first-order valence-electron chi connectivity index (χ1n) is 11.0. The highest BCUT2D eigenvalue weighted by Crippen LogP contribution is 2.32. The maximum absolute atomic E-state index is 12.5. The Kier molecular flexibility index (Phi) is 5.75. The number of hydrogen-bond donors (Lipinski definition) is 1. The highest BCUT2D eigenvalue weighted by molar-refractivity contribution is 6.03. The molecule has 34 heavy (non-hydrogen) atoms. The number of nitrogens with zero attached hydrogens (tertiary/aromatic N) is 5. The first-order valence-corrected chi connectivity index (χ1v) is 11.0. The lowest BCUT2D eigenvalue weighted by molar-refractivity contribution is -0.126. The molecule has 0 bridgehead atoms. The molecule has 2 amide bonds. The molecule has 0 saturated carbocycles. The van der Waals surface area contributed by atoms with E-state index in [4.69, 9.17) is 0 Å². The molecule has 4 aromatic rings. The summed E-state index contributed by atoms with van der Waals surface area (Å²) >= 11 is 0. The van der Waals surface area contributed by atoms with Gasteiger partial charge in [0.25, 0.3) is 11.8 Å². The number of anilines is 1. The highest BCUT2D eigenvalue weighted by Gasteiger charge is 2.30. The minimum absolute atomic E-state index is 0.0713. The molecule has 1 N–H and O–H groups in total. The minimum Gasteiger partial charge on any atom is -0.323 e. The van der Waals surface area contributed by atoms with Gasteiger partial charge in [0.15, 0.2) is 0 Å². The Labute approximate surface area is 196 Å². The van der Waals surface area contributed by atoms with Crippen LogP contribution in [0.1, 0.15) is 41.9 Å². The number of pyridine rings is 2. The second kappa shape index (κ2) is 9.16. The van der Waals surface area contributed by atoms with E-state index in [9.17, 15) is 9.59 Å². The van der Waals surface area contributed by atoms with Crippen LogP contribution in [0.5, 0.6) is 0 Å². The van der Waals surface area contributed by atoms with Gasteiger partial charge in [0, 0.05) is 23.7 Å². The molecular weight excluding hydrogens is 428 g/mol. The van der Waals surface area contributed by atoms with Gasteiger partial charge in [-0.3, -0.25) is 14.6 Å². The normalized spacial score (nSPS) is 15.1. The van der Waals surface area contributed by atoms with Crippen molar-refractivity contribution in [2.45, 2.75) is 25.8 Å². The molecular formula is C26H22N6O2. The Balaban J connectivity index is 1.37. The number of likely N-dealkylation sites (tertiary alicyclic amines) is 1. The summed E-state index contributed by atoms with van der Waals surface area (Å²) in [5.74, 6) is 5.44. The zero-order chi connectivity index (χ0) is 23.5. The molecule has 5 rings (SSSR count). The van der Waals surface area contributed by atoms with Crippen molar-refractivity contribution in [1.29, 1.82) is 0 Å². The molecule has 1 aliphatic heterocycles. The predicted molar refractivity (Wildman–Crippen MR) is 128 cm³/mol. The fourth-order valence-electron chi connectivity index (χ4n) is 4.21. The molecule has 0 aliphatic carbocycles. The van der Waals surface area contributed by atoms with E-state index in [0.29, 0.717) is 17.9 Å². The Morgan fingerprint density at radius 3 is 2.71 bits per heavy atom. The number of aromatic nitrogens is 4. The van der Waals surface area contributed by atoms with E-state index in [1.807, 2.05) is 24.3 Å². The van der Waals surface area contributed by atoms with Crippen molar-refractivity contribution in [2.75, 3.05) is 11.9 Å². The second-order valence-corrected chi connectivity index (χ2v) is 7.97. The van der Waals surface area contributed by atoms with E-state index in [2.05, 4.69) is 32.2 Å². The third-order valence-corrected chi connectivity index (χ3v) is 5.84. The summed E-state index contributed by atoms with van der Waals surface area (Å²) < 4.78 is 1.78. The van der Waals surface area contributed by atoms with Crippen molar-refractivity contribution in [3.05, 3.63) is 78.4 Å². The molecule has 8 heteroatoms.